The Hall–Kier alpha value is -2.33. The normalized spacial score (nSPS) is 19.9. The number of anilines is 1. The molecule has 2 aliphatic heterocycles. The number of fused-ring (bicyclic) bond motifs is 1. The maximum atomic E-state index is 12.8. The van der Waals surface area contributed by atoms with Crippen molar-refractivity contribution in [2.45, 2.75) is 39.2 Å². The van der Waals surface area contributed by atoms with Gasteiger partial charge in [-0.25, -0.2) is 4.79 Å². The first-order valence-corrected chi connectivity index (χ1v) is 10.7. The molecule has 28 heavy (non-hydrogen) atoms. The molecule has 2 heterocycles. The minimum atomic E-state index is 0.0505. The summed E-state index contributed by atoms with van der Waals surface area (Å²) >= 11 is 0. The second-order valence-corrected chi connectivity index (χ2v) is 8.15. The molecule has 2 aliphatic rings. The lowest BCUT2D eigenvalue weighted by Gasteiger charge is -2.37. The highest BCUT2D eigenvalue weighted by molar-refractivity contribution is 5.90. The van der Waals surface area contributed by atoms with Gasteiger partial charge in [-0.15, -0.1) is 0 Å². The number of hydrogen-bond donors (Lipinski definition) is 1. The first-order valence-electron chi connectivity index (χ1n) is 10.7. The van der Waals surface area contributed by atoms with E-state index in [0.717, 1.165) is 57.7 Å². The summed E-state index contributed by atoms with van der Waals surface area (Å²) in [6, 6.07) is 17.0. The summed E-state index contributed by atoms with van der Waals surface area (Å²) in [5.74, 6) is 0.561. The van der Waals surface area contributed by atoms with Gasteiger partial charge in [-0.3, -0.25) is 4.90 Å². The van der Waals surface area contributed by atoms with E-state index in [2.05, 4.69) is 47.5 Å². The Kier molecular flexibility index (Phi) is 5.96. The molecule has 2 aromatic carbocycles. The number of carbonyl (C=O) groups is 1. The lowest BCUT2D eigenvalue weighted by atomic mass is 9.95. The van der Waals surface area contributed by atoms with Crippen molar-refractivity contribution in [1.29, 1.82) is 0 Å². The Morgan fingerprint density at radius 2 is 1.86 bits per heavy atom. The zero-order valence-electron chi connectivity index (χ0n) is 16.9. The van der Waals surface area contributed by atoms with Gasteiger partial charge in [-0.05, 0) is 54.4 Å². The van der Waals surface area contributed by atoms with E-state index < -0.39 is 0 Å². The molecule has 4 nitrogen and oxygen atoms in total. The van der Waals surface area contributed by atoms with E-state index >= 15 is 0 Å². The van der Waals surface area contributed by atoms with Gasteiger partial charge in [0.15, 0.2) is 0 Å². The Morgan fingerprint density at radius 1 is 1.07 bits per heavy atom. The second kappa shape index (κ2) is 8.78. The molecule has 0 unspecified atom stereocenters. The SMILES string of the molecule is CCc1ccccc1NC(=O)N1CCC[C@@H](CN2CCc3ccccc3C2)C1. The average Bonchev–Trinajstić information content (AvgIpc) is 2.74. The number of benzene rings is 2. The first kappa shape index (κ1) is 19.0. The number of urea groups is 1. The Morgan fingerprint density at radius 3 is 2.71 bits per heavy atom. The molecule has 1 fully saturated rings. The number of para-hydroxylation sites is 1. The van der Waals surface area contributed by atoms with Crippen molar-refractivity contribution in [1.82, 2.24) is 9.80 Å². The van der Waals surface area contributed by atoms with Crippen molar-refractivity contribution >= 4 is 11.7 Å². The van der Waals surface area contributed by atoms with Crippen LogP contribution in [0, 0.1) is 5.92 Å². The number of nitrogens with one attached hydrogen (secondary N) is 1. The van der Waals surface area contributed by atoms with Crippen LogP contribution < -0.4 is 5.32 Å². The molecule has 1 N–H and O–H groups in total. The van der Waals surface area contributed by atoms with Crippen LogP contribution in [0.1, 0.15) is 36.5 Å². The summed E-state index contributed by atoms with van der Waals surface area (Å²) in [4.78, 5) is 17.4. The van der Waals surface area contributed by atoms with Crippen molar-refractivity contribution in [3.05, 3.63) is 65.2 Å². The number of carbonyl (C=O) groups excluding carboxylic acids is 1. The number of aryl methyl sites for hydroxylation is 1. The van der Waals surface area contributed by atoms with Crippen molar-refractivity contribution in [2.24, 2.45) is 5.92 Å². The molecule has 2 aromatic rings. The fraction of sp³-hybridized carbons (Fsp3) is 0.458. The van der Waals surface area contributed by atoms with Crippen molar-refractivity contribution in [3.8, 4) is 0 Å². The number of piperidine rings is 1. The van der Waals surface area contributed by atoms with E-state index in [9.17, 15) is 4.79 Å². The molecule has 1 atom stereocenters. The van der Waals surface area contributed by atoms with Crippen LogP contribution >= 0.6 is 0 Å². The zero-order chi connectivity index (χ0) is 19.3. The smallest absolute Gasteiger partial charge is 0.321 e. The van der Waals surface area contributed by atoms with Crippen LogP contribution in [0.3, 0.4) is 0 Å². The Labute approximate surface area is 168 Å². The van der Waals surface area contributed by atoms with E-state index in [0.29, 0.717) is 5.92 Å². The molecule has 0 saturated carbocycles. The minimum absolute atomic E-state index is 0.0505. The summed E-state index contributed by atoms with van der Waals surface area (Å²) in [5.41, 5.74) is 5.11. The largest absolute Gasteiger partial charge is 0.324 e. The third kappa shape index (κ3) is 4.39. The van der Waals surface area contributed by atoms with Crippen molar-refractivity contribution < 1.29 is 4.79 Å². The van der Waals surface area contributed by atoms with Gasteiger partial charge in [0, 0.05) is 38.4 Å². The molecule has 4 heteroatoms. The third-order valence-electron chi connectivity index (χ3n) is 6.17. The lowest BCUT2D eigenvalue weighted by Crippen LogP contribution is -2.46. The van der Waals surface area contributed by atoms with E-state index in [-0.39, 0.29) is 6.03 Å². The summed E-state index contributed by atoms with van der Waals surface area (Å²) in [6.45, 7) is 7.10. The maximum Gasteiger partial charge on any atom is 0.321 e. The molecule has 4 rings (SSSR count). The van der Waals surface area contributed by atoms with E-state index in [4.69, 9.17) is 0 Å². The molecule has 0 spiro atoms. The third-order valence-corrected chi connectivity index (χ3v) is 6.17. The lowest BCUT2D eigenvalue weighted by molar-refractivity contribution is 0.140. The second-order valence-electron chi connectivity index (χ2n) is 8.15. The molecule has 1 saturated heterocycles. The minimum Gasteiger partial charge on any atom is -0.324 e. The van der Waals surface area contributed by atoms with Gasteiger partial charge in [-0.2, -0.15) is 0 Å². The predicted molar refractivity (Wildman–Crippen MR) is 115 cm³/mol. The zero-order valence-corrected chi connectivity index (χ0v) is 16.9. The van der Waals surface area contributed by atoms with E-state index in [1.54, 1.807) is 0 Å². The Bertz CT molecular complexity index is 819. The average molecular weight is 378 g/mol. The van der Waals surface area contributed by atoms with Gasteiger partial charge in [0.05, 0.1) is 0 Å². The fourth-order valence-corrected chi connectivity index (χ4v) is 4.62. The monoisotopic (exact) mass is 377 g/mol. The van der Waals surface area contributed by atoms with Gasteiger partial charge < -0.3 is 10.2 Å². The van der Waals surface area contributed by atoms with Crippen LogP contribution in [0.2, 0.25) is 0 Å². The van der Waals surface area contributed by atoms with E-state index in [1.165, 1.54) is 23.1 Å². The maximum absolute atomic E-state index is 12.8. The van der Waals surface area contributed by atoms with Gasteiger partial charge in [0.25, 0.3) is 0 Å². The summed E-state index contributed by atoms with van der Waals surface area (Å²) in [6.07, 6.45) is 4.38. The first-order chi connectivity index (χ1) is 13.7. The standard InChI is InChI=1S/C24H31N3O/c1-2-20-9-5-6-12-23(20)25-24(28)27-14-7-8-19(17-27)16-26-15-13-21-10-3-4-11-22(21)18-26/h3-6,9-12,19H,2,7-8,13-18H2,1H3,(H,25,28)/t19-/m0/s1. The molecular weight excluding hydrogens is 346 g/mol. The predicted octanol–water partition coefficient (Wildman–Crippen LogP) is 4.55. The summed E-state index contributed by atoms with van der Waals surface area (Å²) in [7, 11) is 0. The molecular formula is C24H31N3O. The number of hydrogen-bond acceptors (Lipinski definition) is 2. The fourth-order valence-electron chi connectivity index (χ4n) is 4.62. The van der Waals surface area contributed by atoms with Gasteiger partial charge >= 0.3 is 6.03 Å². The number of likely N-dealkylation sites (tertiary alicyclic amines) is 1. The number of amides is 2. The van der Waals surface area contributed by atoms with Crippen LogP contribution in [0.4, 0.5) is 10.5 Å². The summed E-state index contributed by atoms with van der Waals surface area (Å²) in [5, 5.41) is 3.14. The molecule has 0 radical (unpaired) electrons. The van der Waals surface area contributed by atoms with Gasteiger partial charge in [-0.1, -0.05) is 49.4 Å². The van der Waals surface area contributed by atoms with Crippen LogP contribution in [-0.2, 0) is 19.4 Å². The highest BCUT2D eigenvalue weighted by Crippen LogP contribution is 2.24. The number of nitrogens with zero attached hydrogens (tertiary/aromatic N) is 2. The van der Waals surface area contributed by atoms with Crippen LogP contribution in [0.15, 0.2) is 48.5 Å². The molecule has 0 bridgehead atoms. The molecule has 2 amide bonds. The highest BCUT2D eigenvalue weighted by atomic mass is 16.2. The Balaban J connectivity index is 1.34. The van der Waals surface area contributed by atoms with Crippen molar-refractivity contribution in [2.75, 3.05) is 31.5 Å². The van der Waals surface area contributed by atoms with Crippen LogP contribution in [0.5, 0.6) is 0 Å². The molecule has 148 valence electrons. The van der Waals surface area contributed by atoms with Crippen LogP contribution in [-0.4, -0.2) is 42.0 Å². The molecule has 0 aliphatic carbocycles. The summed E-state index contributed by atoms with van der Waals surface area (Å²) < 4.78 is 0. The quantitative estimate of drug-likeness (QED) is 0.848. The highest BCUT2D eigenvalue weighted by Gasteiger charge is 2.26. The number of rotatable bonds is 4. The van der Waals surface area contributed by atoms with Gasteiger partial charge in [0.2, 0.25) is 0 Å². The van der Waals surface area contributed by atoms with Crippen LogP contribution in [0.25, 0.3) is 0 Å². The van der Waals surface area contributed by atoms with Gasteiger partial charge in [0.1, 0.15) is 0 Å². The topological polar surface area (TPSA) is 35.6 Å². The van der Waals surface area contributed by atoms with E-state index in [1.807, 2.05) is 23.1 Å². The molecule has 0 aromatic heterocycles. The van der Waals surface area contributed by atoms with Crippen molar-refractivity contribution in [3.63, 3.8) is 0 Å².